The Morgan fingerprint density at radius 2 is 1.88 bits per heavy atom. The molecular weight excluding hydrogens is 322 g/mol. The van der Waals surface area contributed by atoms with Crippen LogP contribution in [0.15, 0.2) is 30.3 Å². The van der Waals surface area contributed by atoms with Crippen LogP contribution in [0.4, 0.5) is 0 Å². The maximum absolute atomic E-state index is 11.9. The molecule has 0 fully saturated rings. The van der Waals surface area contributed by atoms with Gasteiger partial charge in [0, 0.05) is 17.2 Å². The lowest BCUT2D eigenvalue weighted by Gasteiger charge is -2.18. The van der Waals surface area contributed by atoms with E-state index in [9.17, 15) is 4.79 Å². The third-order valence-corrected chi connectivity index (χ3v) is 3.86. The lowest BCUT2D eigenvalue weighted by molar-refractivity contribution is -0.117. The summed E-state index contributed by atoms with van der Waals surface area (Å²) in [4.78, 5) is 11.9. The summed E-state index contributed by atoms with van der Waals surface area (Å²) in [6, 6.07) is 8.26. The smallest absolute Gasteiger partial charge is 0.244 e. The van der Waals surface area contributed by atoms with Crippen LogP contribution in [-0.2, 0) is 11.3 Å². The largest absolute Gasteiger partial charge is 0.348 e. The van der Waals surface area contributed by atoms with E-state index in [-0.39, 0.29) is 11.4 Å². The Kier molecular flexibility index (Phi) is 5.50. The number of carbonyl (C=O) groups excluding carboxylic acids is 1. The van der Waals surface area contributed by atoms with Crippen molar-refractivity contribution in [2.45, 2.75) is 46.7 Å². The molecule has 1 amide bonds. The fraction of sp³-hybridized carbons (Fsp3) is 0.368. The number of aryl methyl sites for hydroxylation is 2. The number of amides is 1. The predicted molar refractivity (Wildman–Crippen MR) is 99.2 cm³/mol. The molecule has 1 heterocycles. The second-order valence-electron chi connectivity index (χ2n) is 7.01. The molecule has 0 saturated carbocycles. The van der Waals surface area contributed by atoms with Crippen LogP contribution in [0.3, 0.4) is 0 Å². The van der Waals surface area contributed by atoms with Crippen molar-refractivity contribution in [3.8, 4) is 0 Å². The van der Waals surface area contributed by atoms with Gasteiger partial charge >= 0.3 is 0 Å². The highest BCUT2D eigenvalue weighted by atomic mass is 35.5. The first-order valence-corrected chi connectivity index (χ1v) is 8.32. The Hall–Kier alpha value is -2.07. The van der Waals surface area contributed by atoms with E-state index in [1.807, 2.05) is 27.7 Å². The average molecular weight is 346 g/mol. The summed E-state index contributed by atoms with van der Waals surface area (Å²) in [7, 11) is 0. The summed E-state index contributed by atoms with van der Waals surface area (Å²) >= 11 is 6.44. The van der Waals surface area contributed by atoms with Gasteiger partial charge in [-0.1, -0.05) is 41.4 Å². The summed E-state index contributed by atoms with van der Waals surface area (Å²) in [5, 5.41) is 7.90. The van der Waals surface area contributed by atoms with Gasteiger partial charge in [-0.25, -0.2) is 4.68 Å². The van der Waals surface area contributed by atoms with Crippen molar-refractivity contribution in [3.63, 3.8) is 0 Å². The number of nitrogens with one attached hydrogen (secondary N) is 1. The Bertz CT molecular complexity index is 752. The van der Waals surface area contributed by atoms with Gasteiger partial charge in [0.15, 0.2) is 0 Å². The van der Waals surface area contributed by atoms with Gasteiger partial charge in [0.1, 0.15) is 5.15 Å². The summed E-state index contributed by atoms with van der Waals surface area (Å²) in [6.45, 7) is 10.4. The lowest BCUT2D eigenvalue weighted by atomic mass is 10.1. The molecule has 1 aromatic heterocycles. The minimum atomic E-state index is -0.268. The van der Waals surface area contributed by atoms with E-state index in [0.29, 0.717) is 11.7 Å². The minimum Gasteiger partial charge on any atom is -0.348 e. The fourth-order valence-corrected chi connectivity index (χ4v) is 2.60. The van der Waals surface area contributed by atoms with Crippen LogP contribution >= 0.6 is 11.6 Å². The molecule has 0 aliphatic rings. The number of hydrogen-bond acceptors (Lipinski definition) is 2. The molecule has 1 aromatic carbocycles. The second kappa shape index (κ2) is 7.22. The summed E-state index contributed by atoms with van der Waals surface area (Å²) in [5.74, 6) is -0.149. The van der Waals surface area contributed by atoms with E-state index in [0.717, 1.165) is 16.8 Å². The standard InChI is InChI=1S/C19H24ClN3O/c1-13-6-8-15(9-7-13)12-23-18(20)16(14(2)22-23)10-11-17(24)21-19(3,4)5/h6-11H,12H2,1-5H3,(H,21,24)/b11-10+. The second-order valence-corrected chi connectivity index (χ2v) is 7.36. The van der Waals surface area contributed by atoms with Crippen molar-refractivity contribution in [3.05, 3.63) is 57.9 Å². The van der Waals surface area contributed by atoms with Gasteiger partial charge in [-0.3, -0.25) is 4.79 Å². The third-order valence-electron chi connectivity index (χ3n) is 3.46. The molecule has 0 atom stereocenters. The molecule has 1 N–H and O–H groups in total. The molecule has 4 nitrogen and oxygen atoms in total. The van der Waals surface area contributed by atoms with Crippen LogP contribution in [0.1, 0.15) is 43.2 Å². The highest BCUT2D eigenvalue weighted by Crippen LogP contribution is 2.22. The summed E-state index contributed by atoms with van der Waals surface area (Å²) in [5.41, 5.74) is 3.65. The molecule has 0 aliphatic carbocycles. The van der Waals surface area contributed by atoms with Crippen LogP contribution in [0, 0.1) is 13.8 Å². The number of halogens is 1. The molecular formula is C19H24ClN3O. The van der Waals surface area contributed by atoms with Gasteiger partial charge in [-0.15, -0.1) is 0 Å². The average Bonchev–Trinajstić information content (AvgIpc) is 2.72. The molecule has 0 aliphatic heterocycles. The van der Waals surface area contributed by atoms with Crippen molar-refractivity contribution >= 4 is 23.6 Å². The quantitative estimate of drug-likeness (QED) is 0.847. The first-order chi connectivity index (χ1) is 11.2. The summed E-state index contributed by atoms with van der Waals surface area (Å²) in [6.07, 6.45) is 3.22. The highest BCUT2D eigenvalue weighted by Gasteiger charge is 2.14. The molecule has 24 heavy (non-hydrogen) atoms. The molecule has 0 saturated heterocycles. The normalized spacial score (nSPS) is 11.9. The number of hydrogen-bond donors (Lipinski definition) is 1. The molecule has 128 valence electrons. The fourth-order valence-electron chi connectivity index (χ4n) is 2.30. The molecule has 0 radical (unpaired) electrons. The van der Waals surface area contributed by atoms with Gasteiger partial charge < -0.3 is 5.32 Å². The zero-order valence-corrected chi connectivity index (χ0v) is 15.6. The highest BCUT2D eigenvalue weighted by molar-refractivity contribution is 6.31. The molecule has 2 aromatic rings. The number of aromatic nitrogens is 2. The van der Waals surface area contributed by atoms with Gasteiger partial charge in [-0.05, 0) is 46.3 Å². The van der Waals surface area contributed by atoms with Crippen LogP contribution in [0.25, 0.3) is 6.08 Å². The van der Waals surface area contributed by atoms with E-state index in [4.69, 9.17) is 11.6 Å². The van der Waals surface area contributed by atoms with Crippen LogP contribution in [-0.4, -0.2) is 21.2 Å². The van der Waals surface area contributed by atoms with Crippen molar-refractivity contribution < 1.29 is 4.79 Å². The molecule has 2 rings (SSSR count). The van der Waals surface area contributed by atoms with Crippen LogP contribution in [0.5, 0.6) is 0 Å². The maximum Gasteiger partial charge on any atom is 0.244 e. The Labute approximate surface area is 148 Å². The topological polar surface area (TPSA) is 46.9 Å². The molecule has 0 unspecified atom stereocenters. The zero-order valence-electron chi connectivity index (χ0n) is 14.9. The van der Waals surface area contributed by atoms with E-state index >= 15 is 0 Å². The minimum absolute atomic E-state index is 0.149. The Morgan fingerprint density at radius 3 is 2.46 bits per heavy atom. The number of nitrogens with zero attached hydrogens (tertiary/aromatic N) is 2. The lowest BCUT2D eigenvalue weighted by Crippen LogP contribution is -2.39. The van der Waals surface area contributed by atoms with E-state index in [2.05, 4.69) is 41.6 Å². The van der Waals surface area contributed by atoms with Crippen molar-refractivity contribution in [1.29, 1.82) is 0 Å². The van der Waals surface area contributed by atoms with Crippen LogP contribution in [0.2, 0.25) is 5.15 Å². The van der Waals surface area contributed by atoms with E-state index < -0.39 is 0 Å². The molecule has 0 spiro atoms. The summed E-state index contributed by atoms with van der Waals surface area (Å²) < 4.78 is 1.75. The molecule has 0 bridgehead atoms. The van der Waals surface area contributed by atoms with Gasteiger partial charge in [0.25, 0.3) is 0 Å². The number of benzene rings is 1. The Balaban J connectivity index is 2.16. The third kappa shape index (κ3) is 4.96. The van der Waals surface area contributed by atoms with Crippen LogP contribution < -0.4 is 5.32 Å². The first-order valence-electron chi connectivity index (χ1n) is 7.94. The van der Waals surface area contributed by atoms with Crippen molar-refractivity contribution in [2.75, 3.05) is 0 Å². The first kappa shape index (κ1) is 18.3. The maximum atomic E-state index is 11.9. The number of carbonyl (C=O) groups is 1. The van der Waals surface area contributed by atoms with Gasteiger partial charge in [0.05, 0.1) is 12.2 Å². The van der Waals surface area contributed by atoms with Gasteiger partial charge in [0.2, 0.25) is 5.91 Å². The Morgan fingerprint density at radius 1 is 1.25 bits per heavy atom. The van der Waals surface area contributed by atoms with Crippen molar-refractivity contribution in [1.82, 2.24) is 15.1 Å². The zero-order chi connectivity index (χ0) is 17.9. The molecule has 5 heteroatoms. The van der Waals surface area contributed by atoms with E-state index in [1.54, 1.807) is 10.8 Å². The predicted octanol–water partition coefficient (Wildman–Crippen LogP) is 4.13. The number of rotatable bonds is 4. The monoisotopic (exact) mass is 345 g/mol. The van der Waals surface area contributed by atoms with Crippen molar-refractivity contribution in [2.24, 2.45) is 0 Å². The van der Waals surface area contributed by atoms with E-state index in [1.165, 1.54) is 11.6 Å². The van der Waals surface area contributed by atoms with Gasteiger partial charge in [-0.2, -0.15) is 5.10 Å². The SMILES string of the molecule is Cc1ccc(Cn2nc(C)c(/C=C/C(=O)NC(C)(C)C)c2Cl)cc1.